The van der Waals surface area contributed by atoms with Gasteiger partial charge in [-0.25, -0.2) is 0 Å². The first-order valence-corrected chi connectivity index (χ1v) is 7.06. The molecule has 0 aromatic heterocycles. The molecule has 0 aliphatic carbocycles. The van der Waals surface area contributed by atoms with Gasteiger partial charge in [0.05, 0.1) is 11.6 Å². The molecule has 0 radical (unpaired) electrons. The Bertz CT molecular complexity index is 384. The summed E-state index contributed by atoms with van der Waals surface area (Å²) < 4.78 is 0. The molecule has 0 saturated heterocycles. The molecule has 1 aromatic carbocycles. The van der Waals surface area contributed by atoms with E-state index in [1.54, 1.807) is 0 Å². The van der Waals surface area contributed by atoms with E-state index in [-0.39, 0.29) is 0 Å². The third kappa shape index (κ3) is 4.79. The number of halogens is 1. The number of hydrogen-bond donors (Lipinski definition) is 0. The highest BCUT2D eigenvalue weighted by atomic mass is 79.9. The number of hydrogen-bond acceptors (Lipinski definition) is 2. The first kappa shape index (κ1) is 14.1. The Morgan fingerprint density at radius 3 is 2.82 bits per heavy atom. The number of benzene rings is 1. The van der Waals surface area contributed by atoms with Crippen molar-refractivity contribution in [2.75, 3.05) is 23.8 Å². The standard InChI is InChI=1S/C14H19BrN2/c1-12(6-8-15)7-9-17(2)14-5-3-4-13(10-14)11-16/h3-5,10,12H,6-9H2,1-2H3. The summed E-state index contributed by atoms with van der Waals surface area (Å²) in [5, 5.41) is 9.93. The maximum absolute atomic E-state index is 8.86. The van der Waals surface area contributed by atoms with E-state index in [1.165, 1.54) is 12.8 Å². The van der Waals surface area contributed by atoms with Gasteiger partial charge in [0.2, 0.25) is 0 Å². The van der Waals surface area contributed by atoms with Crippen molar-refractivity contribution >= 4 is 21.6 Å². The fourth-order valence-corrected chi connectivity index (χ4v) is 2.47. The van der Waals surface area contributed by atoms with Crippen molar-refractivity contribution in [2.45, 2.75) is 19.8 Å². The van der Waals surface area contributed by atoms with Gasteiger partial charge < -0.3 is 4.90 Å². The SMILES string of the molecule is CC(CCBr)CCN(C)c1cccc(C#N)c1. The van der Waals surface area contributed by atoms with Crippen molar-refractivity contribution in [2.24, 2.45) is 5.92 Å². The first-order valence-electron chi connectivity index (χ1n) is 5.94. The van der Waals surface area contributed by atoms with Crippen LogP contribution in [0.2, 0.25) is 0 Å². The molecule has 0 fully saturated rings. The Morgan fingerprint density at radius 1 is 1.41 bits per heavy atom. The van der Waals surface area contributed by atoms with E-state index in [0.717, 1.165) is 29.0 Å². The third-order valence-corrected chi connectivity index (χ3v) is 3.43. The molecule has 1 unspecified atom stereocenters. The molecule has 0 aliphatic heterocycles. The van der Waals surface area contributed by atoms with Crippen LogP contribution in [0.25, 0.3) is 0 Å². The maximum Gasteiger partial charge on any atom is 0.0992 e. The van der Waals surface area contributed by atoms with Crippen molar-refractivity contribution in [3.8, 4) is 6.07 Å². The zero-order valence-electron chi connectivity index (χ0n) is 10.5. The zero-order valence-corrected chi connectivity index (χ0v) is 12.1. The van der Waals surface area contributed by atoms with Gasteiger partial charge in [0.1, 0.15) is 0 Å². The lowest BCUT2D eigenvalue weighted by molar-refractivity contribution is 0.523. The largest absolute Gasteiger partial charge is 0.375 e. The second kappa shape index (κ2) is 7.34. The second-order valence-corrected chi connectivity index (χ2v) is 5.25. The van der Waals surface area contributed by atoms with E-state index in [1.807, 2.05) is 18.2 Å². The molecule has 92 valence electrons. The molecule has 0 aliphatic rings. The lowest BCUT2D eigenvalue weighted by Gasteiger charge is -2.21. The summed E-state index contributed by atoms with van der Waals surface area (Å²) >= 11 is 3.47. The van der Waals surface area contributed by atoms with Crippen LogP contribution >= 0.6 is 15.9 Å². The Labute approximate surface area is 112 Å². The van der Waals surface area contributed by atoms with E-state index in [4.69, 9.17) is 5.26 Å². The summed E-state index contributed by atoms with van der Waals surface area (Å²) in [6.07, 6.45) is 2.39. The quantitative estimate of drug-likeness (QED) is 0.746. The Morgan fingerprint density at radius 2 is 2.18 bits per heavy atom. The number of rotatable bonds is 6. The molecule has 1 atom stereocenters. The summed E-state index contributed by atoms with van der Waals surface area (Å²) in [5.41, 5.74) is 1.85. The number of alkyl halides is 1. The second-order valence-electron chi connectivity index (χ2n) is 4.46. The number of anilines is 1. The van der Waals surface area contributed by atoms with Crippen molar-refractivity contribution in [1.82, 2.24) is 0 Å². The molecule has 3 heteroatoms. The average molecular weight is 295 g/mol. The van der Waals surface area contributed by atoms with Crippen LogP contribution in [0.3, 0.4) is 0 Å². The lowest BCUT2D eigenvalue weighted by atomic mass is 10.0. The smallest absolute Gasteiger partial charge is 0.0992 e. The molecular weight excluding hydrogens is 276 g/mol. The van der Waals surface area contributed by atoms with Gasteiger partial charge in [0.15, 0.2) is 0 Å². The molecule has 17 heavy (non-hydrogen) atoms. The van der Waals surface area contributed by atoms with Crippen LogP contribution in [-0.4, -0.2) is 18.9 Å². The number of nitrogens with zero attached hydrogens (tertiary/aromatic N) is 2. The van der Waals surface area contributed by atoms with Crippen molar-refractivity contribution in [3.63, 3.8) is 0 Å². The molecule has 0 amide bonds. The summed E-state index contributed by atoms with van der Waals surface area (Å²) in [5.74, 6) is 0.732. The van der Waals surface area contributed by atoms with E-state index < -0.39 is 0 Å². The third-order valence-electron chi connectivity index (χ3n) is 2.98. The normalized spacial score (nSPS) is 11.9. The van der Waals surface area contributed by atoms with Crippen LogP contribution in [-0.2, 0) is 0 Å². The Hall–Kier alpha value is -1.01. The van der Waals surface area contributed by atoms with Gasteiger partial charge in [-0.3, -0.25) is 0 Å². The van der Waals surface area contributed by atoms with Crippen molar-refractivity contribution in [3.05, 3.63) is 29.8 Å². The molecule has 1 rings (SSSR count). The van der Waals surface area contributed by atoms with Crippen LogP contribution in [0.4, 0.5) is 5.69 Å². The molecule has 2 nitrogen and oxygen atoms in total. The van der Waals surface area contributed by atoms with Gasteiger partial charge in [-0.15, -0.1) is 0 Å². The topological polar surface area (TPSA) is 27.0 Å². The van der Waals surface area contributed by atoms with Crippen molar-refractivity contribution < 1.29 is 0 Å². The molecular formula is C14H19BrN2. The predicted molar refractivity (Wildman–Crippen MR) is 76.6 cm³/mol. The minimum Gasteiger partial charge on any atom is -0.375 e. The highest BCUT2D eigenvalue weighted by Gasteiger charge is 2.05. The van der Waals surface area contributed by atoms with Crippen molar-refractivity contribution in [1.29, 1.82) is 5.26 Å². The Balaban J connectivity index is 2.52. The summed E-state index contributed by atoms with van der Waals surface area (Å²) in [4.78, 5) is 2.21. The van der Waals surface area contributed by atoms with E-state index in [2.05, 4.69) is 46.9 Å². The molecule has 1 aromatic rings. The lowest BCUT2D eigenvalue weighted by Crippen LogP contribution is -2.20. The summed E-state index contributed by atoms with van der Waals surface area (Å²) in [7, 11) is 2.08. The molecule has 0 saturated carbocycles. The minimum atomic E-state index is 0.725. The fourth-order valence-electron chi connectivity index (χ4n) is 1.69. The van der Waals surface area contributed by atoms with Crippen LogP contribution in [0.5, 0.6) is 0 Å². The van der Waals surface area contributed by atoms with Crippen LogP contribution in [0.1, 0.15) is 25.3 Å². The highest BCUT2D eigenvalue weighted by molar-refractivity contribution is 9.09. The van der Waals surface area contributed by atoms with Gasteiger partial charge in [0.25, 0.3) is 0 Å². The maximum atomic E-state index is 8.86. The van der Waals surface area contributed by atoms with Crippen LogP contribution in [0, 0.1) is 17.2 Å². The van der Waals surface area contributed by atoms with Crippen LogP contribution < -0.4 is 4.90 Å². The van der Waals surface area contributed by atoms with E-state index in [9.17, 15) is 0 Å². The van der Waals surface area contributed by atoms with E-state index >= 15 is 0 Å². The molecule has 0 N–H and O–H groups in total. The van der Waals surface area contributed by atoms with Gasteiger partial charge in [-0.1, -0.05) is 28.9 Å². The van der Waals surface area contributed by atoms with Gasteiger partial charge in [0, 0.05) is 24.6 Å². The van der Waals surface area contributed by atoms with Gasteiger partial charge >= 0.3 is 0 Å². The summed E-state index contributed by atoms with van der Waals surface area (Å²) in [6.45, 7) is 3.31. The van der Waals surface area contributed by atoms with Gasteiger partial charge in [-0.05, 0) is 37.0 Å². The monoisotopic (exact) mass is 294 g/mol. The van der Waals surface area contributed by atoms with Gasteiger partial charge in [-0.2, -0.15) is 5.26 Å². The highest BCUT2D eigenvalue weighted by Crippen LogP contribution is 2.17. The zero-order chi connectivity index (χ0) is 12.7. The molecule has 0 bridgehead atoms. The fraction of sp³-hybridized carbons (Fsp3) is 0.500. The Kier molecular flexibility index (Phi) is 6.07. The molecule has 0 heterocycles. The first-order chi connectivity index (χ1) is 8.17. The average Bonchev–Trinajstić information content (AvgIpc) is 2.36. The summed E-state index contributed by atoms with van der Waals surface area (Å²) in [6, 6.07) is 9.94. The molecule has 0 spiro atoms. The predicted octanol–water partition coefficient (Wildman–Crippen LogP) is 3.81. The minimum absolute atomic E-state index is 0.725. The number of nitriles is 1. The van der Waals surface area contributed by atoms with Crippen LogP contribution in [0.15, 0.2) is 24.3 Å². The van der Waals surface area contributed by atoms with E-state index in [0.29, 0.717) is 0 Å².